The molecule has 0 unspecified atom stereocenters. The summed E-state index contributed by atoms with van der Waals surface area (Å²) in [6.45, 7) is 0.519. The summed E-state index contributed by atoms with van der Waals surface area (Å²) in [7, 11) is 0. The lowest BCUT2D eigenvalue weighted by Crippen LogP contribution is -2.09. The fraction of sp³-hybridized carbons (Fsp3) is 0.400. The lowest BCUT2D eigenvalue weighted by atomic mass is 10.3. The van der Waals surface area contributed by atoms with Gasteiger partial charge in [-0.25, -0.2) is 9.78 Å². The second kappa shape index (κ2) is 3.65. The second-order valence-corrected chi connectivity index (χ2v) is 3.52. The first-order valence-electron chi connectivity index (χ1n) is 4.64. The second-order valence-electron chi connectivity index (χ2n) is 3.52. The number of hydrogen-bond donors (Lipinski definition) is 1. The quantitative estimate of drug-likeness (QED) is 0.731. The lowest BCUT2D eigenvalue weighted by Gasteiger charge is -2.02. The predicted molar refractivity (Wildman–Crippen MR) is 51.7 cm³/mol. The van der Waals surface area contributed by atoms with Crippen molar-refractivity contribution in [3.8, 4) is 0 Å². The summed E-state index contributed by atoms with van der Waals surface area (Å²) in [6, 6.07) is 3.21. The number of ether oxygens (including phenoxy) is 1. The Kier molecular flexibility index (Phi) is 2.35. The van der Waals surface area contributed by atoms with Gasteiger partial charge in [0.25, 0.3) is 0 Å². The number of aromatic nitrogens is 1. The predicted octanol–water partition coefficient (Wildman–Crippen LogP) is 1.23. The molecule has 1 fully saturated rings. The van der Waals surface area contributed by atoms with Crippen molar-refractivity contribution in [2.75, 3.05) is 12.3 Å². The molecular weight excluding hydrogens is 180 g/mol. The van der Waals surface area contributed by atoms with Gasteiger partial charge in [-0.05, 0) is 30.9 Å². The van der Waals surface area contributed by atoms with Gasteiger partial charge >= 0.3 is 5.97 Å². The fourth-order valence-electron chi connectivity index (χ4n) is 1.08. The molecule has 14 heavy (non-hydrogen) atoms. The van der Waals surface area contributed by atoms with Crippen LogP contribution in [0, 0.1) is 5.92 Å². The molecular formula is C10H12N2O2. The molecule has 1 aromatic heterocycles. The van der Waals surface area contributed by atoms with E-state index < -0.39 is 0 Å². The molecule has 1 aromatic rings. The average Bonchev–Trinajstić information content (AvgIpc) is 2.99. The number of carbonyl (C=O) groups excluding carboxylic acids is 1. The third-order valence-electron chi connectivity index (χ3n) is 2.14. The first-order chi connectivity index (χ1) is 6.75. The normalized spacial score (nSPS) is 15.1. The van der Waals surface area contributed by atoms with Crippen LogP contribution in [-0.2, 0) is 4.74 Å². The monoisotopic (exact) mass is 192 g/mol. The standard InChI is InChI=1S/C10H12N2O2/c11-8-3-4-9(12-5-8)10(13)14-6-7-1-2-7/h3-5,7H,1-2,6,11H2. The first kappa shape index (κ1) is 8.99. The molecule has 2 N–H and O–H groups in total. The van der Waals surface area contributed by atoms with Gasteiger partial charge in [-0.3, -0.25) is 0 Å². The van der Waals surface area contributed by atoms with Crippen LogP contribution in [0.3, 0.4) is 0 Å². The number of esters is 1. The van der Waals surface area contributed by atoms with Crippen LogP contribution in [0.4, 0.5) is 5.69 Å². The van der Waals surface area contributed by atoms with Crippen LogP contribution in [0.2, 0.25) is 0 Å². The van der Waals surface area contributed by atoms with Crippen LogP contribution < -0.4 is 5.73 Å². The van der Waals surface area contributed by atoms with E-state index in [1.165, 1.54) is 19.0 Å². The third-order valence-corrected chi connectivity index (χ3v) is 2.14. The number of nitrogens with two attached hydrogens (primary N) is 1. The third kappa shape index (κ3) is 2.22. The van der Waals surface area contributed by atoms with Crippen LogP contribution in [0.15, 0.2) is 18.3 Å². The van der Waals surface area contributed by atoms with Gasteiger partial charge < -0.3 is 10.5 Å². The number of carbonyl (C=O) groups is 1. The number of nitrogen functional groups attached to an aromatic ring is 1. The highest BCUT2D eigenvalue weighted by atomic mass is 16.5. The summed E-state index contributed by atoms with van der Waals surface area (Å²) < 4.78 is 5.05. The molecule has 1 heterocycles. The minimum atomic E-state index is -0.364. The molecule has 4 heteroatoms. The summed E-state index contributed by atoms with van der Waals surface area (Å²) in [5, 5.41) is 0. The van der Waals surface area contributed by atoms with Gasteiger partial charge in [0.15, 0.2) is 0 Å². The van der Waals surface area contributed by atoms with Gasteiger partial charge in [0.1, 0.15) is 5.69 Å². The zero-order chi connectivity index (χ0) is 9.97. The van der Waals surface area contributed by atoms with Crippen molar-refractivity contribution in [3.63, 3.8) is 0 Å². The van der Waals surface area contributed by atoms with Gasteiger partial charge in [0.2, 0.25) is 0 Å². The topological polar surface area (TPSA) is 65.2 Å². The van der Waals surface area contributed by atoms with Crippen molar-refractivity contribution in [1.82, 2.24) is 4.98 Å². The molecule has 4 nitrogen and oxygen atoms in total. The zero-order valence-electron chi connectivity index (χ0n) is 7.77. The van der Waals surface area contributed by atoms with E-state index in [-0.39, 0.29) is 5.97 Å². The molecule has 0 aliphatic heterocycles. The maximum Gasteiger partial charge on any atom is 0.356 e. The Balaban J connectivity index is 1.92. The van der Waals surface area contributed by atoms with Crippen LogP contribution in [0.5, 0.6) is 0 Å². The molecule has 1 aliphatic rings. The molecule has 0 saturated heterocycles. The Hall–Kier alpha value is -1.58. The van der Waals surface area contributed by atoms with Crippen molar-refractivity contribution < 1.29 is 9.53 Å². The fourth-order valence-corrected chi connectivity index (χ4v) is 1.08. The highest BCUT2D eigenvalue weighted by Crippen LogP contribution is 2.28. The van der Waals surface area contributed by atoms with Crippen LogP contribution in [0.1, 0.15) is 23.3 Å². The van der Waals surface area contributed by atoms with Crippen molar-refractivity contribution in [2.24, 2.45) is 5.92 Å². The minimum absolute atomic E-state index is 0.319. The van der Waals surface area contributed by atoms with E-state index in [4.69, 9.17) is 10.5 Å². The van der Waals surface area contributed by atoms with Crippen molar-refractivity contribution in [3.05, 3.63) is 24.0 Å². The molecule has 1 aliphatic carbocycles. The first-order valence-corrected chi connectivity index (χ1v) is 4.64. The lowest BCUT2D eigenvalue weighted by molar-refractivity contribution is 0.0479. The van der Waals surface area contributed by atoms with E-state index in [0.29, 0.717) is 23.9 Å². The Morgan fingerprint density at radius 2 is 2.36 bits per heavy atom. The van der Waals surface area contributed by atoms with E-state index >= 15 is 0 Å². The number of pyridine rings is 1. The van der Waals surface area contributed by atoms with Gasteiger partial charge in [0, 0.05) is 0 Å². The highest BCUT2D eigenvalue weighted by molar-refractivity contribution is 5.87. The molecule has 1 saturated carbocycles. The SMILES string of the molecule is Nc1ccc(C(=O)OCC2CC2)nc1. The summed E-state index contributed by atoms with van der Waals surface area (Å²) in [5.41, 5.74) is 6.31. The summed E-state index contributed by atoms with van der Waals surface area (Å²) in [6.07, 6.45) is 3.79. The zero-order valence-corrected chi connectivity index (χ0v) is 7.77. The van der Waals surface area contributed by atoms with E-state index in [2.05, 4.69) is 4.98 Å². The molecule has 0 radical (unpaired) electrons. The summed E-state index contributed by atoms with van der Waals surface area (Å²) in [5.74, 6) is 0.213. The minimum Gasteiger partial charge on any atom is -0.461 e. The van der Waals surface area contributed by atoms with Crippen LogP contribution >= 0.6 is 0 Å². The molecule has 0 bridgehead atoms. The van der Waals surface area contributed by atoms with E-state index in [1.54, 1.807) is 12.1 Å². The Bertz CT molecular complexity index is 330. The molecule has 0 amide bonds. The van der Waals surface area contributed by atoms with Gasteiger partial charge in [-0.2, -0.15) is 0 Å². The highest BCUT2D eigenvalue weighted by Gasteiger charge is 2.23. The van der Waals surface area contributed by atoms with Gasteiger partial charge in [-0.1, -0.05) is 0 Å². The number of nitrogens with zero attached hydrogens (tertiary/aromatic N) is 1. The molecule has 0 aromatic carbocycles. The molecule has 74 valence electrons. The van der Waals surface area contributed by atoms with Gasteiger partial charge in [-0.15, -0.1) is 0 Å². The van der Waals surface area contributed by atoms with E-state index in [0.717, 1.165) is 0 Å². The molecule has 0 atom stereocenters. The van der Waals surface area contributed by atoms with Crippen molar-refractivity contribution >= 4 is 11.7 Å². The largest absolute Gasteiger partial charge is 0.461 e. The van der Waals surface area contributed by atoms with Crippen LogP contribution in [0.25, 0.3) is 0 Å². The maximum atomic E-state index is 11.4. The van der Waals surface area contributed by atoms with Crippen LogP contribution in [-0.4, -0.2) is 17.6 Å². The van der Waals surface area contributed by atoms with E-state index in [9.17, 15) is 4.79 Å². The average molecular weight is 192 g/mol. The molecule has 0 spiro atoms. The Labute approximate surface area is 82.1 Å². The molecule has 2 rings (SSSR count). The Morgan fingerprint density at radius 1 is 1.57 bits per heavy atom. The van der Waals surface area contributed by atoms with E-state index in [1.807, 2.05) is 0 Å². The summed E-state index contributed by atoms with van der Waals surface area (Å²) >= 11 is 0. The van der Waals surface area contributed by atoms with Crippen molar-refractivity contribution in [2.45, 2.75) is 12.8 Å². The van der Waals surface area contributed by atoms with Crippen molar-refractivity contribution in [1.29, 1.82) is 0 Å². The summed E-state index contributed by atoms with van der Waals surface area (Å²) in [4.78, 5) is 15.2. The maximum absolute atomic E-state index is 11.4. The number of hydrogen-bond acceptors (Lipinski definition) is 4. The smallest absolute Gasteiger partial charge is 0.356 e. The number of rotatable bonds is 3. The van der Waals surface area contributed by atoms with Gasteiger partial charge in [0.05, 0.1) is 18.5 Å². The Morgan fingerprint density at radius 3 is 2.93 bits per heavy atom. The number of anilines is 1.